The van der Waals surface area contributed by atoms with Crippen LogP contribution in [0.3, 0.4) is 0 Å². The van der Waals surface area contributed by atoms with Gasteiger partial charge in [0.1, 0.15) is 5.82 Å². The van der Waals surface area contributed by atoms with Crippen molar-refractivity contribution in [2.45, 2.75) is 13.0 Å². The Morgan fingerprint density at radius 1 is 1.04 bits per heavy atom. The van der Waals surface area contributed by atoms with Crippen molar-refractivity contribution in [3.63, 3.8) is 0 Å². The van der Waals surface area contributed by atoms with Gasteiger partial charge in [-0.2, -0.15) is 0 Å². The molecular formula is C19H17FN2O4. The predicted octanol–water partition coefficient (Wildman–Crippen LogP) is 2.45. The molecule has 1 heterocycles. The Morgan fingerprint density at radius 3 is 2.65 bits per heavy atom. The van der Waals surface area contributed by atoms with Crippen LogP contribution in [0, 0.1) is 17.7 Å². The smallest absolute Gasteiger partial charge is 0.231 e. The molecule has 26 heavy (non-hydrogen) atoms. The lowest BCUT2D eigenvalue weighted by molar-refractivity contribution is -0.125. The van der Waals surface area contributed by atoms with Gasteiger partial charge in [-0.05, 0) is 24.6 Å². The van der Waals surface area contributed by atoms with Gasteiger partial charge in [0.2, 0.25) is 18.6 Å². The Kier molecular flexibility index (Phi) is 4.20. The highest BCUT2D eigenvalue weighted by Gasteiger charge is 2.48. The van der Waals surface area contributed by atoms with E-state index < -0.39 is 0 Å². The lowest BCUT2D eigenvalue weighted by Gasteiger charge is -2.07. The molecular weight excluding hydrogens is 339 g/mol. The molecule has 2 aromatic carbocycles. The van der Waals surface area contributed by atoms with Crippen molar-refractivity contribution in [1.29, 1.82) is 0 Å². The number of rotatable bonds is 5. The number of carbonyl (C=O) groups is 2. The number of amides is 2. The summed E-state index contributed by atoms with van der Waals surface area (Å²) in [5.74, 6) is -0.343. The lowest BCUT2D eigenvalue weighted by Crippen LogP contribution is -2.27. The van der Waals surface area contributed by atoms with Gasteiger partial charge in [-0.1, -0.05) is 18.2 Å². The number of halogens is 1. The summed E-state index contributed by atoms with van der Waals surface area (Å²) in [4.78, 5) is 24.5. The van der Waals surface area contributed by atoms with E-state index in [-0.39, 0.29) is 42.8 Å². The standard InChI is InChI=1S/C19H17FN2O4/c20-15-4-2-1-3-11(15)9-21-18(23)13-8-14(13)19(24)22-12-5-6-16-17(7-12)26-10-25-16/h1-7,13-14H,8-10H2,(H,21,23)(H,22,24). The molecule has 2 N–H and O–H groups in total. The summed E-state index contributed by atoms with van der Waals surface area (Å²) < 4.78 is 24.1. The van der Waals surface area contributed by atoms with E-state index in [4.69, 9.17) is 9.47 Å². The first kappa shape index (κ1) is 16.4. The van der Waals surface area contributed by atoms with Crippen LogP contribution in [0.1, 0.15) is 12.0 Å². The van der Waals surface area contributed by atoms with Crippen LogP contribution in [0.25, 0.3) is 0 Å². The summed E-state index contributed by atoms with van der Waals surface area (Å²) in [6.45, 7) is 0.276. The molecule has 7 heteroatoms. The van der Waals surface area contributed by atoms with Crippen molar-refractivity contribution in [3.05, 3.63) is 53.8 Å². The van der Waals surface area contributed by atoms with Gasteiger partial charge in [-0.25, -0.2) is 4.39 Å². The summed E-state index contributed by atoms with van der Waals surface area (Å²) in [6.07, 6.45) is 0.486. The largest absolute Gasteiger partial charge is 0.454 e. The van der Waals surface area contributed by atoms with E-state index in [9.17, 15) is 14.0 Å². The van der Waals surface area contributed by atoms with E-state index in [1.807, 2.05) is 0 Å². The van der Waals surface area contributed by atoms with Crippen molar-refractivity contribution in [2.24, 2.45) is 11.8 Å². The Balaban J connectivity index is 1.29. The molecule has 2 atom stereocenters. The van der Waals surface area contributed by atoms with Crippen LogP contribution >= 0.6 is 0 Å². The Hall–Kier alpha value is -3.09. The highest BCUT2D eigenvalue weighted by atomic mass is 19.1. The third-order valence-electron chi connectivity index (χ3n) is 4.51. The summed E-state index contributed by atoms with van der Waals surface area (Å²) in [5.41, 5.74) is 1.01. The van der Waals surface area contributed by atoms with Crippen LogP contribution in [0.15, 0.2) is 42.5 Å². The minimum Gasteiger partial charge on any atom is -0.454 e. The van der Waals surface area contributed by atoms with Gasteiger partial charge < -0.3 is 20.1 Å². The van der Waals surface area contributed by atoms with Gasteiger partial charge in [-0.15, -0.1) is 0 Å². The van der Waals surface area contributed by atoms with Crippen LogP contribution in [0.2, 0.25) is 0 Å². The number of hydrogen-bond donors (Lipinski definition) is 2. The number of nitrogens with one attached hydrogen (secondary N) is 2. The van der Waals surface area contributed by atoms with Crippen LogP contribution in [-0.4, -0.2) is 18.6 Å². The van der Waals surface area contributed by atoms with Crippen molar-refractivity contribution in [1.82, 2.24) is 5.32 Å². The number of carbonyl (C=O) groups excluding carboxylic acids is 2. The molecule has 1 aliphatic heterocycles. The molecule has 0 aromatic heterocycles. The van der Waals surface area contributed by atoms with E-state index in [0.29, 0.717) is 29.2 Å². The average molecular weight is 356 g/mol. The maximum Gasteiger partial charge on any atom is 0.231 e. The normalized spacial score (nSPS) is 19.7. The molecule has 0 saturated heterocycles. The number of anilines is 1. The molecule has 2 amide bonds. The van der Waals surface area contributed by atoms with Crippen LogP contribution in [0.5, 0.6) is 11.5 Å². The zero-order valence-electron chi connectivity index (χ0n) is 13.8. The number of fused-ring (bicyclic) bond motifs is 1. The highest BCUT2D eigenvalue weighted by molar-refractivity contribution is 5.99. The Morgan fingerprint density at radius 2 is 1.81 bits per heavy atom. The quantitative estimate of drug-likeness (QED) is 0.863. The molecule has 0 bridgehead atoms. The predicted molar refractivity (Wildman–Crippen MR) is 91.0 cm³/mol. The van der Waals surface area contributed by atoms with E-state index >= 15 is 0 Å². The lowest BCUT2D eigenvalue weighted by atomic mass is 10.2. The average Bonchev–Trinajstić information content (AvgIpc) is 3.32. The summed E-state index contributed by atoms with van der Waals surface area (Å²) >= 11 is 0. The van der Waals surface area contributed by atoms with Gasteiger partial charge in [0.25, 0.3) is 0 Å². The maximum absolute atomic E-state index is 13.6. The van der Waals surface area contributed by atoms with Crippen molar-refractivity contribution in [3.8, 4) is 11.5 Å². The second kappa shape index (κ2) is 6.67. The molecule has 0 radical (unpaired) electrons. The number of benzene rings is 2. The van der Waals surface area contributed by atoms with E-state index in [2.05, 4.69) is 10.6 Å². The second-order valence-electron chi connectivity index (χ2n) is 6.32. The van der Waals surface area contributed by atoms with E-state index in [0.717, 1.165) is 0 Å². The first-order valence-electron chi connectivity index (χ1n) is 8.33. The van der Waals surface area contributed by atoms with Gasteiger partial charge in [0.15, 0.2) is 11.5 Å². The number of hydrogen-bond acceptors (Lipinski definition) is 4. The van der Waals surface area contributed by atoms with Crippen molar-refractivity contribution in [2.75, 3.05) is 12.1 Å². The zero-order valence-corrected chi connectivity index (χ0v) is 13.8. The van der Waals surface area contributed by atoms with Gasteiger partial charge in [-0.3, -0.25) is 9.59 Å². The SMILES string of the molecule is O=C(NCc1ccccc1F)C1CC1C(=O)Nc1ccc2c(c1)OCO2. The third kappa shape index (κ3) is 3.33. The van der Waals surface area contributed by atoms with Crippen molar-refractivity contribution < 1.29 is 23.5 Å². The first-order chi connectivity index (χ1) is 12.6. The highest BCUT2D eigenvalue weighted by Crippen LogP contribution is 2.40. The molecule has 134 valence electrons. The van der Waals surface area contributed by atoms with E-state index in [1.165, 1.54) is 6.07 Å². The minimum atomic E-state index is -0.379. The molecule has 2 aromatic rings. The molecule has 1 fully saturated rings. The molecule has 1 saturated carbocycles. The summed E-state index contributed by atoms with van der Waals surface area (Å²) in [5, 5.41) is 5.48. The Labute approximate surface area is 149 Å². The van der Waals surface area contributed by atoms with Gasteiger partial charge in [0.05, 0.1) is 11.8 Å². The van der Waals surface area contributed by atoms with Gasteiger partial charge >= 0.3 is 0 Å². The fourth-order valence-electron chi connectivity index (χ4n) is 2.94. The monoisotopic (exact) mass is 356 g/mol. The molecule has 2 aliphatic rings. The molecule has 4 rings (SSSR count). The van der Waals surface area contributed by atoms with Gasteiger partial charge in [0, 0.05) is 23.9 Å². The topological polar surface area (TPSA) is 76.7 Å². The second-order valence-corrected chi connectivity index (χ2v) is 6.32. The fraction of sp³-hybridized carbons (Fsp3) is 0.263. The van der Waals surface area contributed by atoms with Crippen molar-refractivity contribution >= 4 is 17.5 Å². The molecule has 6 nitrogen and oxygen atoms in total. The first-order valence-corrected chi connectivity index (χ1v) is 8.33. The molecule has 2 unspecified atom stereocenters. The Bertz CT molecular complexity index is 870. The fourth-order valence-corrected chi connectivity index (χ4v) is 2.94. The van der Waals surface area contributed by atoms with Crippen LogP contribution < -0.4 is 20.1 Å². The maximum atomic E-state index is 13.6. The zero-order chi connectivity index (χ0) is 18.1. The summed E-state index contributed by atoms with van der Waals surface area (Å²) in [6, 6.07) is 11.4. The molecule has 0 spiro atoms. The van der Waals surface area contributed by atoms with Crippen LogP contribution in [-0.2, 0) is 16.1 Å². The van der Waals surface area contributed by atoms with Crippen LogP contribution in [0.4, 0.5) is 10.1 Å². The summed E-state index contributed by atoms with van der Waals surface area (Å²) in [7, 11) is 0. The number of ether oxygens (including phenoxy) is 2. The minimum absolute atomic E-state index is 0.110. The van der Waals surface area contributed by atoms with E-state index in [1.54, 1.807) is 36.4 Å². The molecule has 1 aliphatic carbocycles. The third-order valence-corrected chi connectivity index (χ3v) is 4.51.